The Bertz CT molecular complexity index is 1630. The Morgan fingerprint density at radius 1 is 1.03 bits per heavy atom. The third-order valence-corrected chi connectivity index (χ3v) is 5.68. The molecule has 0 aliphatic rings. The molecule has 2 N–H and O–H groups in total. The van der Waals surface area contributed by atoms with E-state index >= 15 is 4.39 Å². The van der Waals surface area contributed by atoms with Gasteiger partial charge in [-0.15, -0.1) is 0 Å². The fourth-order valence-corrected chi connectivity index (χ4v) is 4.18. The molecule has 5 aromatic heterocycles. The van der Waals surface area contributed by atoms with E-state index in [1.54, 1.807) is 37.2 Å². The predicted octanol–water partition coefficient (Wildman–Crippen LogP) is 5.02. The summed E-state index contributed by atoms with van der Waals surface area (Å²) < 4.78 is 20.3. The van der Waals surface area contributed by atoms with Crippen LogP contribution in [0.25, 0.3) is 55.8 Å². The molecular weight excluding hydrogens is 433 g/mol. The summed E-state index contributed by atoms with van der Waals surface area (Å²) in [6, 6.07) is 8.91. The Labute approximate surface area is 193 Å². The first-order valence-electron chi connectivity index (χ1n) is 10.7. The summed E-state index contributed by atoms with van der Waals surface area (Å²) in [7, 11) is 3.97. The molecule has 1 aromatic carbocycles. The smallest absolute Gasteiger partial charge is 0.159 e. The van der Waals surface area contributed by atoms with Gasteiger partial charge in [-0.25, -0.2) is 9.37 Å². The molecule has 0 unspecified atom stereocenters. The zero-order valence-corrected chi connectivity index (χ0v) is 18.5. The number of aromatic amines is 2. The van der Waals surface area contributed by atoms with Crippen molar-refractivity contribution in [2.75, 3.05) is 14.1 Å². The lowest BCUT2D eigenvalue weighted by molar-refractivity contribution is 0.402. The van der Waals surface area contributed by atoms with Crippen molar-refractivity contribution >= 4 is 21.9 Å². The van der Waals surface area contributed by atoms with Gasteiger partial charge >= 0.3 is 0 Å². The van der Waals surface area contributed by atoms with E-state index in [4.69, 9.17) is 9.40 Å². The second-order valence-electron chi connectivity index (χ2n) is 8.42. The number of fused-ring (bicyclic) bond motifs is 2. The molecule has 0 aliphatic heterocycles. The highest BCUT2D eigenvalue weighted by Crippen LogP contribution is 2.34. The van der Waals surface area contributed by atoms with Gasteiger partial charge in [-0.2, -0.15) is 5.10 Å². The van der Waals surface area contributed by atoms with Crippen LogP contribution in [0.3, 0.4) is 0 Å². The number of rotatable bonds is 5. The van der Waals surface area contributed by atoms with Crippen LogP contribution in [0.1, 0.15) is 5.56 Å². The first kappa shape index (κ1) is 20.3. The van der Waals surface area contributed by atoms with Gasteiger partial charge in [-0.1, -0.05) is 0 Å². The molecule has 0 saturated heterocycles. The van der Waals surface area contributed by atoms with E-state index in [-0.39, 0.29) is 5.82 Å². The number of H-pyrrole nitrogens is 2. The second kappa shape index (κ2) is 7.89. The summed E-state index contributed by atoms with van der Waals surface area (Å²) in [6.07, 6.45) is 8.42. The molecule has 0 spiro atoms. The monoisotopic (exact) mass is 453 g/mol. The van der Waals surface area contributed by atoms with Crippen LogP contribution >= 0.6 is 0 Å². The Morgan fingerprint density at radius 3 is 2.76 bits per heavy atom. The SMILES string of the molecule is CN(C)Cc1cncc(-c2cc3c(-c4nc5c(-c6ccoc6)nccc5[nH]4)n[nH]c3cc2F)c1. The van der Waals surface area contributed by atoms with Gasteiger partial charge in [0.1, 0.15) is 22.7 Å². The molecule has 0 atom stereocenters. The largest absolute Gasteiger partial charge is 0.472 e. The highest BCUT2D eigenvalue weighted by atomic mass is 19.1. The number of halogens is 1. The number of benzene rings is 1. The maximum atomic E-state index is 15.1. The van der Waals surface area contributed by atoms with Crippen LogP contribution in [0.15, 0.2) is 65.9 Å². The van der Waals surface area contributed by atoms with Crippen LogP contribution in [0.5, 0.6) is 0 Å². The minimum Gasteiger partial charge on any atom is -0.472 e. The maximum absolute atomic E-state index is 15.1. The molecule has 0 amide bonds. The molecule has 6 rings (SSSR count). The van der Waals surface area contributed by atoms with Gasteiger partial charge in [-0.05, 0) is 43.9 Å². The van der Waals surface area contributed by atoms with Crippen LogP contribution in [0, 0.1) is 5.82 Å². The van der Waals surface area contributed by atoms with Gasteiger partial charge in [0.15, 0.2) is 5.82 Å². The lowest BCUT2D eigenvalue weighted by atomic mass is 10.0. The number of furan rings is 1. The molecule has 34 heavy (non-hydrogen) atoms. The number of imidazole rings is 1. The number of hydrogen-bond donors (Lipinski definition) is 2. The van der Waals surface area contributed by atoms with E-state index in [0.29, 0.717) is 45.9 Å². The summed E-state index contributed by atoms with van der Waals surface area (Å²) in [4.78, 5) is 18.9. The fourth-order valence-electron chi connectivity index (χ4n) is 4.18. The van der Waals surface area contributed by atoms with Crippen molar-refractivity contribution in [2.24, 2.45) is 0 Å². The van der Waals surface area contributed by atoms with Crippen molar-refractivity contribution < 1.29 is 8.81 Å². The minimum atomic E-state index is -0.345. The summed E-state index contributed by atoms with van der Waals surface area (Å²) in [5.41, 5.74) is 6.44. The summed E-state index contributed by atoms with van der Waals surface area (Å²) in [5.74, 6) is 0.221. The Morgan fingerprint density at radius 2 is 1.94 bits per heavy atom. The molecule has 6 aromatic rings. The third-order valence-electron chi connectivity index (χ3n) is 5.68. The number of nitrogens with zero attached hydrogens (tertiary/aromatic N) is 5. The number of hydrogen-bond acceptors (Lipinski definition) is 6. The van der Waals surface area contributed by atoms with Crippen LogP contribution in [-0.2, 0) is 6.54 Å². The summed E-state index contributed by atoms with van der Waals surface area (Å²) in [6.45, 7) is 0.716. The standard InChI is InChI=1S/C25H20FN7O/c1-33(2)12-14-7-16(11-27-10-14)17-8-18-21(9-19(17)26)31-32-23(18)25-29-20-3-5-28-22(24(20)30-25)15-4-6-34-13-15/h3-11,13H,12H2,1-2H3,(H,29,30)(H,31,32). The quantitative estimate of drug-likeness (QED) is 0.380. The van der Waals surface area contributed by atoms with Crippen molar-refractivity contribution in [3.63, 3.8) is 0 Å². The number of aromatic nitrogens is 6. The van der Waals surface area contributed by atoms with Crippen LogP contribution in [0.4, 0.5) is 4.39 Å². The van der Waals surface area contributed by atoms with Gasteiger partial charge in [0.05, 0.1) is 23.6 Å². The lowest BCUT2D eigenvalue weighted by Gasteiger charge is -2.11. The van der Waals surface area contributed by atoms with Crippen molar-refractivity contribution in [3.05, 3.63) is 72.8 Å². The zero-order valence-electron chi connectivity index (χ0n) is 18.5. The molecule has 9 heteroatoms. The average molecular weight is 453 g/mol. The lowest BCUT2D eigenvalue weighted by Crippen LogP contribution is -2.10. The van der Waals surface area contributed by atoms with Crippen LogP contribution in [-0.4, -0.2) is 49.1 Å². The second-order valence-corrected chi connectivity index (χ2v) is 8.42. The van der Waals surface area contributed by atoms with Gasteiger partial charge in [0.2, 0.25) is 0 Å². The highest BCUT2D eigenvalue weighted by Gasteiger charge is 2.18. The molecule has 8 nitrogen and oxygen atoms in total. The molecule has 0 saturated carbocycles. The highest BCUT2D eigenvalue weighted by molar-refractivity contribution is 5.97. The topological polar surface area (TPSA) is 99.5 Å². The van der Waals surface area contributed by atoms with Gasteiger partial charge < -0.3 is 14.3 Å². The Balaban J connectivity index is 1.48. The number of pyridine rings is 2. The van der Waals surface area contributed by atoms with E-state index in [2.05, 4.69) is 25.1 Å². The molecule has 168 valence electrons. The molecule has 0 fully saturated rings. The van der Waals surface area contributed by atoms with Crippen LogP contribution in [0.2, 0.25) is 0 Å². The summed E-state index contributed by atoms with van der Waals surface area (Å²) >= 11 is 0. The van der Waals surface area contributed by atoms with E-state index in [0.717, 1.165) is 22.0 Å². The van der Waals surface area contributed by atoms with Gasteiger partial charge in [0, 0.05) is 53.3 Å². The third kappa shape index (κ3) is 3.43. The summed E-state index contributed by atoms with van der Waals surface area (Å²) in [5, 5.41) is 8.12. The zero-order chi connectivity index (χ0) is 23.2. The molecule has 0 aliphatic carbocycles. The molecule has 5 heterocycles. The maximum Gasteiger partial charge on any atom is 0.159 e. The van der Waals surface area contributed by atoms with Crippen molar-refractivity contribution in [1.82, 2.24) is 35.0 Å². The van der Waals surface area contributed by atoms with E-state index in [1.807, 2.05) is 37.2 Å². The fraction of sp³-hybridized carbons (Fsp3) is 0.120. The first-order chi connectivity index (χ1) is 16.6. The van der Waals surface area contributed by atoms with Crippen LogP contribution < -0.4 is 0 Å². The molecule has 0 radical (unpaired) electrons. The predicted molar refractivity (Wildman–Crippen MR) is 127 cm³/mol. The Kier molecular flexibility index (Phi) is 4.70. The van der Waals surface area contributed by atoms with Gasteiger partial charge in [-0.3, -0.25) is 15.1 Å². The Hall–Kier alpha value is -4.37. The normalized spacial score (nSPS) is 11.8. The molecule has 0 bridgehead atoms. The van der Waals surface area contributed by atoms with E-state index in [9.17, 15) is 0 Å². The van der Waals surface area contributed by atoms with Crippen molar-refractivity contribution in [2.45, 2.75) is 6.54 Å². The van der Waals surface area contributed by atoms with Crippen molar-refractivity contribution in [1.29, 1.82) is 0 Å². The van der Waals surface area contributed by atoms with E-state index in [1.165, 1.54) is 6.07 Å². The van der Waals surface area contributed by atoms with Gasteiger partial charge in [0.25, 0.3) is 0 Å². The minimum absolute atomic E-state index is 0.345. The number of nitrogens with one attached hydrogen (secondary N) is 2. The molecular formula is C25H20FN7O. The first-order valence-corrected chi connectivity index (χ1v) is 10.7. The average Bonchev–Trinajstić information content (AvgIpc) is 3.57. The van der Waals surface area contributed by atoms with E-state index < -0.39 is 0 Å². The van der Waals surface area contributed by atoms with Crippen molar-refractivity contribution in [3.8, 4) is 33.9 Å².